The molecule has 1 aliphatic carbocycles. The normalized spacial score (nSPS) is 24.8. The van der Waals surface area contributed by atoms with Crippen LogP contribution in [0.15, 0.2) is 24.3 Å². The molecular formula is C15H20ClF. The van der Waals surface area contributed by atoms with Crippen molar-refractivity contribution in [2.45, 2.75) is 44.9 Å². The van der Waals surface area contributed by atoms with Crippen LogP contribution in [0.1, 0.15) is 38.7 Å². The van der Waals surface area contributed by atoms with E-state index >= 15 is 0 Å². The maximum absolute atomic E-state index is 12.8. The smallest absolute Gasteiger partial charge is 0.123 e. The number of halogens is 2. The van der Waals surface area contributed by atoms with Crippen LogP contribution in [-0.4, -0.2) is 5.38 Å². The lowest BCUT2D eigenvalue weighted by Crippen LogP contribution is -2.27. The van der Waals surface area contributed by atoms with Crippen molar-refractivity contribution in [2.75, 3.05) is 0 Å². The van der Waals surface area contributed by atoms with Crippen molar-refractivity contribution in [1.29, 1.82) is 0 Å². The second-order valence-electron chi connectivity index (χ2n) is 5.83. The first-order valence-electron chi connectivity index (χ1n) is 6.37. The van der Waals surface area contributed by atoms with Gasteiger partial charge in [0.05, 0.1) is 0 Å². The average molecular weight is 255 g/mol. The molecular weight excluding hydrogens is 235 g/mol. The molecule has 1 fully saturated rings. The van der Waals surface area contributed by atoms with E-state index in [4.69, 9.17) is 11.6 Å². The zero-order valence-corrected chi connectivity index (χ0v) is 11.3. The summed E-state index contributed by atoms with van der Waals surface area (Å²) in [6.45, 7) is 4.62. The molecule has 0 radical (unpaired) electrons. The lowest BCUT2D eigenvalue weighted by molar-refractivity contribution is 0.250. The van der Waals surface area contributed by atoms with E-state index in [1.807, 2.05) is 12.1 Å². The third-order valence-electron chi connectivity index (χ3n) is 4.12. The SMILES string of the molecule is CC1(C)CCCC1C(Cl)Cc1ccc(F)cc1. The Kier molecular flexibility index (Phi) is 3.77. The van der Waals surface area contributed by atoms with Crippen LogP contribution in [0.4, 0.5) is 4.39 Å². The fraction of sp³-hybridized carbons (Fsp3) is 0.600. The van der Waals surface area contributed by atoms with Crippen molar-refractivity contribution < 1.29 is 4.39 Å². The highest BCUT2D eigenvalue weighted by Gasteiger charge is 2.38. The van der Waals surface area contributed by atoms with Gasteiger partial charge in [-0.05, 0) is 48.3 Å². The molecule has 0 aromatic heterocycles. The van der Waals surface area contributed by atoms with E-state index in [1.54, 1.807) is 0 Å². The number of hydrogen-bond acceptors (Lipinski definition) is 0. The largest absolute Gasteiger partial charge is 0.207 e. The van der Waals surface area contributed by atoms with E-state index in [0.29, 0.717) is 11.3 Å². The average Bonchev–Trinajstić information content (AvgIpc) is 2.61. The van der Waals surface area contributed by atoms with Gasteiger partial charge in [0.15, 0.2) is 0 Å². The Bertz CT molecular complexity index is 369. The molecule has 0 N–H and O–H groups in total. The maximum atomic E-state index is 12.8. The Balaban J connectivity index is 2.01. The van der Waals surface area contributed by atoms with E-state index in [2.05, 4.69) is 13.8 Å². The van der Waals surface area contributed by atoms with Gasteiger partial charge in [0, 0.05) is 5.38 Å². The van der Waals surface area contributed by atoms with Crippen LogP contribution >= 0.6 is 11.6 Å². The maximum Gasteiger partial charge on any atom is 0.123 e. The van der Waals surface area contributed by atoms with Gasteiger partial charge in [-0.25, -0.2) is 4.39 Å². The van der Waals surface area contributed by atoms with Crippen LogP contribution in [0.25, 0.3) is 0 Å². The van der Waals surface area contributed by atoms with E-state index in [-0.39, 0.29) is 11.2 Å². The Morgan fingerprint density at radius 2 is 2.00 bits per heavy atom. The third kappa shape index (κ3) is 3.01. The van der Waals surface area contributed by atoms with Gasteiger partial charge in [-0.3, -0.25) is 0 Å². The third-order valence-corrected chi connectivity index (χ3v) is 4.58. The van der Waals surface area contributed by atoms with E-state index in [0.717, 1.165) is 12.0 Å². The van der Waals surface area contributed by atoms with Gasteiger partial charge in [0.25, 0.3) is 0 Å². The molecule has 1 aromatic rings. The summed E-state index contributed by atoms with van der Waals surface area (Å²) in [7, 11) is 0. The second-order valence-corrected chi connectivity index (χ2v) is 6.39. The van der Waals surface area contributed by atoms with Crippen LogP contribution in [-0.2, 0) is 6.42 Å². The van der Waals surface area contributed by atoms with Gasteiger partial charge in [0.2, 0.25) is 0 Å². The first-order valence-corrected chi connectivity index (χ1v) is 6.81. The van der Waals surface area contributed by atoms with Crippen molar-refractivity contribution >= 4 is 11.6 Å². The highest BCUT2D eigenvalue weighted by atomic mass is 35.5. The fourth-order valence-electron chi connectivity index (χ4n) is 3.01. The first kappa shape index (κ1) is 12.9. The molecule has 1 aliphatic rings. The van der Waals surface area contributed by atoms with E-state index in [1.165, 1.54) is 31.4 Å². The molecule has 2 heteroatoms. The Hall–Kier alpha value is -0.560. The number of hydrogen-bond donors (Lipinski definition) is 0. The standard InChI is InChI=1S/C15H20ClF/c1-15(2)9-3-4-13(15)14(16)10-11-5-7-12(17)8-6-11/h5-8,13-14H,3-4,9-10H2,1-2H3. The van der Waals surface area contributed by atoms with Crippen molar-refractivity contribution in [3.8, 4) is 0 Å². The van der Waals surface area contributed by atoms with Crippen LogP contribution in [0, 0.1) is 17.2 Å². The minimum Gasteiger partial charge on any atom is -0.207 e. The fourth-order valence-corrected chi connectivity index (χ4v) is 3.66. The highest BCUT2D eigenvalue weighted by Crippen LogP contribution is 2.46. The Morgan fingerprint density at radius 1 is 1.35 bits per heavy atom. The van der Waals surface area contributed by atoms with E-state index in [9.17, 15) is 4.39 Å². The van der Waals surface area contributed by atoms with E-state index < -0.39 is 0 Å². The summed E-state index contributed by atoms with van der Waals surface area (Å²) >= 11 is 6.55. The number of rotatable bonds is 3. The topological polar surface area (TPSA) is 0 Å². The van der Waals surface area contributed by atoms with Crippen molar-refractivity contribution in [3.63, 3.8) is 0 Å². The van der Waals surface area contributed by atoms with Crippen LogP contribution in [0.2, 0.25) is 0 Å². The molecule has 0 amide bonds. The van der Waals surface area contributed by atoms with Gasteiger partial charge >= 0.3 is 0 Å². The molecule has 1 aromatic carbocycles. The van der Waals surface area contributed by atoms with Crippen LogP contribution in [0.3, 0.4) is 0 Å². The zero-order chi connectivity index (χ0) is 12.5. The zero-order valence-electron chi connectivity index (χ0n) is 10.5. The molecule has 0 nitrogen and oxygen atoms in total. The molecule has 0 aliphatic heterocycles. The molecule has 0 saturated heterocycles. The molecule has 17 heavy (non-hydrogen) atoms. The molecule has 2 unspecified atom stereocenters. The van der Waals surface area contributed by atoms with Crippen molar-refractivity contribution in [3.05, 3.63) is 35.6 Å². The minimum absolute atomic E-state index is 0.165. The summed E-state index contributed by atoms with van der Waals surface area (Å²) in [4.78, 5) is 0. The van der Waals surface area contributed by atoms with Gasteiger partial charge < -0.3 is 0 Å². The summed E-state index contributed by atoms with van der Waals surface area (Å²) in [5, 5.41) is 0.165. The first-order chi connectivity index (χ1) is 7.99. The van der Waals surface area contributed by atoms with Gasteiger partial charge in [0.1, 0.15) is 5.82 Å². The molecule has 0 bridgehead atoms. The Morgan fingerprint density at radius 3 is 2.53 bits per heavy atom. The lowest BCUT2D eigenvalue weighted by Gasteiger charge is -2.30. The summed E-state index contributed by atoms with van der Waals surface area (Å²) in [6, 6.07) is 6.71. The lowest BCUT2D eigenvalue weighted by atomic mass is 9.78. The van der Waals surface area contributed by atoms with Gasteiger partial charge in [-0.1, -0.05) is 32.4 Å². The molecule has 94 valence electrons. The quantitative estimate of drug-likeness (QED) is 0.680. The molecule has 2 atom stereocenters. The van der Waals surface area contributed by atoms with Crippen molar-refractivity contribution in [2.24, 2.45) is 11.3 Å². The highest BCUT2D eigenvalue weighted by molar-refractivity contribution is 6.21. The predicted octanol–water partition coefficient (Wildman–Crippen LogP) is 4.80. The molecule has 0 spiro atoms. The summed E-state index contributed by atoms with van der Waals surface area (Å²) in [5.41, 5.74) is 1.49. The molecule has 2 rings (SSSR count). The summed E-state index contributed by atoms with van der Waals surface area (Å²) < 4.78 is 12.8. The van der Waals surface area contributed by atoms with Crippen molar-refractivity contribution in [1.82, 2.24) is 0 Å². The van der Waals surface area contributed by atoms with Crippen LogP contribution in [0.5, 0.6) is 0 Å². The molecule has 1 saturated carbocycles. The second kappa shape index (κ2) is 4.97. The van der Waals surface area contributed by atoms with Crippen LogP contribution < -0.4 is 0 Å². The summed E-state index contributed by atoms with van der Waals surface area (Å²) in [6.07, 6.45) is 4.62. The monoisotopic (exact) mass is 254 g/mol. The van der Waals surface area contributed by atoms with Gasteiger partial charge in [-0.2, -0.15) is 0 Å². The number of benzene rings is 1. The Labute approximate surface area is 108 Å². The van der Waals surface area contributed by atoms with Gasteiger partial charge in [-0.15, -0.1) is 11.6 Å². The molecule has 0 heterocycles. The minimum atomic E-state index is -0.180. The number of alkyl halides is 1. The summed E-state index contributed by atoms with van der Waals surface area (Å²) in [5.74, 6) is 0.398. The predicted molar refractivity (Wildman–Crippen MR) is 70.9 cm³/mol.